The van der Waals surface area contributed by atoms with E-state index in [1.165, 1.54) is 0 Å². The average Bonchev–Trinajstić information content (AvgIpc) is 3.22. The number of nitrogens with zero attached hydrogens (tertiary/aromatic N) is 6. The summed E-state index contributed by atoms with van der Waals surface area (Å²) in [7, 11) is 0. The molecule has 0 atom stereocenters. The summed E-state index contributed by atoms with van der Waals surface area (Å²) in [6.07, 6.45) is 3.58. The Kier molecular flexibility index (Phi) is 4.97. The minimum Gasteiger partial charge on any atom is -0.353 e. The van der Waals surface area contributed by atoms with Crippen molar-refractivity contribution in [3.63, 3.8) is 0 Å². The second-order valence-corrected chi connectivity index (χ2v) is 7.92. The molecular formula is C21H28N6O2. The molecule has 3 saturated heterocycles. The zero-order valence-corrected chi connectivity index (χ0v) is 17.0. The second kappa shape index (κ2) is 7.76. The summed E-state index contributed by atoms with van der Waals surface area (Å²) in [4.78, 5) is 21.1. The average molecular weight is 396 g/mol. The van der Waals surface area contributed by atoms with Crippen LogP contribution in [0.2, 0.25) is 0 Å². The number of piperazine rings is 1. The van der Waals surface area contributed by atoms with E-state index in [4.69, 9.17) is 19.4 Å². The van der Waals surface area contributed by atoms with Crippen molar-refractivity contribution in [2.24, 2.45) is 0 Å². The lowest BCUT2D eigenvalue weighted by atomic mass is 10.0. The Morgan fingerprint density at radius 1 is 0.828 bits per heavy atom. The summed E-state index contributed by atoms with van der Waals surface area (Å²) in [5, 5.41) is 0. The third-order valence-corrected chi connectivity index (χ3v) is 6.03. The van der Waals surface area contributed by atoms with Crippen LogP contribution in [0.4, 0.5) is 17.6 Å². The first-order chi connectivity index (χ1) is 14.2. The van der Waals surface area contributed by atoms with Crippen LogP contribution < -0.4 is 14.7 Å². The molecule has 8 heteroatoms. The van der Waals surface area contributed by atoms with Crippen LogP contribution in [0.1, 0.15) is 18.5 Å². The lowest BCUT2D eigenvalue weighted by molar-refractivity contribution is -0.169. The fraction of sp³-hybridized carbons (Fsp3) is 0.571. The highest BCUT2D eigenvalue weighted by molar-refractivity contribution is 5.49. The van der Waals surface area contributed by atoms with Gasteiger partial charge in [-0.05, 0) is 19.1 Å². The summed E-state index contributed by atoms with van der Waals surface area (Å²) in [5.41, 5.74) is 1.01. The predicted molar refractivity (Wildman–Crippen MR) is 112 cm³/mol. The van der Waals surface area contributed by atoms with Gasteiger partial charge in [-0.25, -0.2) is 9.97 Å². The Morgan fingerprint density at radius 3 is 2.17 bits per heavy atom. The number of rotatable bonds is 3. The molecule has 154 valence electrons. The third kappa shape index (κ3) is 3.86. The Bertz CT molecular complexity index is 824. The zero-order valence-electron chi connectivity index (χ0n) is 17.0. The fourth-order valence-electron chi connectivity index (χ4n) is 4.38. The van der Waals surface area contributed by atoms with Crippen molar-refractivity contribution in [2.75, 3.05) is 67.2 Å². The molecule has 2 aromatic rings. The highest BCUT2D eigenvalue weighted by atomic mass is 16.7. The summed E-state index contributed by atoms with van der Waals surface area (Å²) in [5.74, 6) is 2.51. The maximum absolute atomic E-state index is 5.85. The van der Waals surface area contributed by atoms with Gasteiger partial charge in [0.25, 0.3) is 0 Å². The molecule has 0 aromatic carbocycles. The minimum absolute atomic E-state index is 0.370. The van der Waals surface area contributed by atoms with Crippen molar-refractivity contribution in [3.05, 3.63) is 36.2 Å². The number of anilines is 3. The van der Waals surface area contributed by atoms with Crippen LogP contribution in [-0.4, -0.2) is 73.2 Å². The molecule has 0 amide bonds. The molecule has 0 unspecified atom stereocenters. The van der Waals surface area contributed by atoms with Gasteiger partial charge in [0.2, 0.25) is 5.95 Å². The number of hydrogen-bond donors (Lipinski definition) is 0. The van der Waals surface area contributed by atoms with Gasteiger partial charge >= 0.3 is 0 Å². The van der Waals surface area contributed by atoms with Crippen LogP contribution >= 0.6 is 0 Å². The molecule has 8 nitrogen and oxygen atoms in total. The highest BCUT2D eigenvalue weighted by Crippen LogP contribution is 2.33. The summed E-state index contributed by atoms with van der Waals surface area (Å²) in [6, 6.07) is 8.16. The van der Waals surface area contributed by atoms with Crippen LogP contribution in [0, 0.1) is 6.92 Å². The van der Waals surface area contributed by atoms with E-state index in [1.807, 2.05) is 25.3 Å². The van der Waals surface area contributed by atoms with E-state index in [9.17, 15) is 0 Å². The number of aryl methyl sites for hydroxylation is 1. The molecule has 0 bridgehead atoms. The van der Waals surface area contributed by atoms with E-state index in [0.717, 1.165) is 75.4 Å². The molecule has 3 fully saturated rings. The standard InChI is InChI=1S/C21H28N6O2/c1-17-16-19(26-12-10-25(11-13-26)18-4-2-3-7-22-18)24-20(23-17)27-8-5-21(6-9-27)28-14-15-29-21/h2-4,7,16H,5-6,8-15H2,1H3. The molecule has 3 aliphatic heterocycles. The molecule has 29 heavy (non-hydrogen) atoms. The van der Waals surface area contributed by atoms with Gasteiger partial charge in [-0.3, -0.25) is 0 Å². The SMILES string of the molecule is Cc1cc(N2CCN(c3ccccn3)CC2)nc(N2CCC3(CC2)OCCO3)n1. The number of aromatic nitrogens is 3. The van der Waals surface area contributed by atoms with Crippen molar-refractivity contribution in [3.8, 4) is 0 Å². The van der Waals surface area contributed by atoms with E-state index in [-0.39, 0.29) is 5.79 Å². The van der Waals surface area contributed by atoms with Gasteiger partial charge in [0.1, 0.15) is 11.6 Å². The third-order valence-electron chi connectivity index (χ3n) is 6.03. The largest absolute Gasteiger partial charge is 0.353 e. The predicted octanol–water partition coefficient (Wildman–Crippen LogP) is 1.85. The molecule has 5 heterocycles. The normalized spacial score (nSPS) is 21.8. The maximum Gasteiger partial charge on any atom is 0.227 e. The van der Waals surface area contributed by atoms with Crippen LogP contribution in [0.3, 0.4) is 0 Å². The Hall–Kier alpha value is -2.45. The number of ether oxygens (including phenoxy) is 2. The number of piperidine rings is 1. The molecule has 0 saturated carbocycles. The van der Waals surface area contributed by atoms with Crippen molar-refractivity contribution in [2.45, 2.75) is 25.6 Å². The zero-order chi connectivity index (χ0) is 19.7. The van der Waals surface area contributed by atoms with Crippen molar-refractivity contribution >= 4 is 17.6 Å². The van der Waals surface area contributed by atoms with E-state index in [0.29, 0.717) is 13.2 Å². The van der Waals surface area contributed by atoms with Gasteiger partial charge < -0.3 is 24.2 Å². The van der Waals surface area contributed by atoms with Crippen LogP contribution in [0.15, 0.2) is 30.5 Å². The van der Waals surface area contributed by atoms with E-state index in [2.05, 4.69) is 31.8 Å². The van der Waals surface area contributed by atoms with Crippen molar-refractivity contribution in [1.29, 1.82) is 0 Å². The molecule has 1 spiro atoms. The lowest BCUT2D eigenvalue weighted by Gasteiger charge is -2.38. The van der Waals surface area contributed by atoms with Gasteiger partial charge in [-0.15, -0.1) is 0 Å². The second-order valence-electron chi connectivity index (χ2n) is 7.92. The van der Waals surface area contributed by atoms with Crippen molar-refractivity contribution < 1.29 is 9.47 Å². The van der Waals surface area contributed by atoms with E-state index < -0.39 is 0 Å². The topological polar surface area (TPSA) is 66.9 Å². The molecule has 2 aromatic heterocycles. The first kappa shape index (κ1) is 18.6. The van der Waals surface area contributed by atoms with Crippen molar-refractivity contribution in [1.82, 2.24) is 15.0 Å². The summed E-state index contributed by atoms with van der Waals surface area (Å²) in [6.45, 7) is 8.91. The molecule has 0 aliphatic carbocycles. The first-order valence-electron chi connectivity index (χ1n) is 10.5. The summed E-state index contributed by atoms with van der Waals surface area (Å²) >= 11 is 0. The van der Waals surface area contributed by atoms with Gasteiger partial charge in [0, 0.05) is 70.1 Å². The Balaban J connectivity index is 1.26. The van der Waals surface area contributed by atoms with E-state index in [1.54, 1.807) is 0 Å². The monoisotopic (exact) mass is 396 g/mol. The fourth-order valence-corrected chi connectivity index (χ4v) is 4.38. The van der Waals surface area contributed by atoms with Gasteiger partial charge in [0.15, 0.2) is 5.79 Å². The summed E-state index contributed by atoms with van der Waals surface area (Å²) < 4.78 is 11.7. The number of hydrogen-bond acceptors (Lipinski definition) is 8. The minimum atomic E-state index is -0.370. The molecule has 3 aliphatic rings. The molecule has 0 N–H and O–H groups in total. The van der Waals surface area contributed by atoms with Gasteiger partial charge in [-0.1, -0.05) is 6.07 Å². The highest BCUT2D eigenvalue weighted by Gasteiger charge is 2.40. The maximum atomic E-state index is 5.85. The number of pyridine rings is 1. The Morgan fingerprint density at radius 2 is 1.52 bits per heavy atom. The van der Waals surface area contributed by atoms with Gasteiger partial charge in [-0.2, -0.15) is 4.98 Å². The first-order valence-corrected chi connectivity index (χ1v) is 10.5. The Labute approximate surface area is 171 Å². The molecule has 0 radical (unpaired) electrons. The van der Waals surface area contributed by atoms with Crippen LogP contribution in [0.5, 0.6) is 0 Å². The van der Waals surface area contributed by atoms with Crippen LogP contribution in [0.25, 0.3) is 0 Å². The van der Waals surface area contributed by atoms with Crippen LogP contribution in [-0.2, 0) is 9.47 Å². The molecule has 5 rings (SSSR count). The molecular weight excluding hydrogens is 368 g/mol. The lowest BCUT2D eigenvalue weighted by Crippen LogP contribution is -2.47. The van der Waals surface area contributed by atoms with Gasteiger partial charge in [0.05, 0.1) is 13.2 Å². The smallest absolute Gasteiger partial charge is 0.227 e. The quantitative estimate of drug-likeness (QED) is 0.779. The van der Waals surface area contributed by atoms with E-state index >= 15 is 0 Å².